The van der Waals surface area contributed by atoms with Crippen LogP contribution in [0.1, 0.15) is 48.0 Å². The summed E-state index contributed by atoms with van der Waals surface area (Å²) in [7, 11) is 0. The third-order valence-corrected chi connectivity index (χ3v) is 4.72. The van der Waals surface area contributed by atoms with E-state index in [9.17, 15) is 4.79 Å². The number of pyridine rings is 1. The van der Waals surface area contributed by atoms with Crippen molar-refractivity contribution in [2.24, 2.45) is 11.7 Å². The first-order valence-corrected chi connectivity index (χ1v) is 9.14. The van der Waals surface area contributed by atoms with Gasteiger partial charge in [-0.15, -0.1) is 0 Å². The maximum Gasteiger partial charge on any atom is 0.159 e. The van der Waals surface area contributed by atoms with Gasteiger partial charge in [-0.2, -0.15) is 0 Å². The Balaban J connectivity index is 2.38. The zero-order valence-corrected chi connectivity index (χ0v) is 16.0. The molecule has 0 atom stereocenters. The van der Waals surface area contributed by atoms with Crippen molar-refractivity contribution in [1.82, 2.24) is 4.98 Å². The summed E-state index contributed by atoms with van der Waals surface area (Å²) in [4.78, 5) is 16.8. The third-order valence-electron chi connectivity index (χ3n) is 4.72. The number of carbonyl (C=O) groups excluding carboxylic acids is 1. The standard InChI is InChI=1S/C23H26N2O/c1-14(2)11-22-20(13-24)23(17-7-5-15(3)6-8-17)19-12-18(16(4)26)9-10-21(19)25-22/h5-10,12,14H,11,13,24H2,1-4H3. The Morgan fingerprint density at radius 2 is 1.81 bits per heavy atom. The van der Waals surface area contributed by atoms with Gasteiger partial charge >= 0.3 is 0 Å². The summed E-state index contributed by atoms with van der Waals surface area (Å²) in [6.45, 7) is 8.49. The van der Waals surface area contributed by atoms with Gasteiger partial charge in [-0.3, -0.25) is 9.78 Å². The van der Waals surface area contributed by atoms with Gasteiger partial charge < -0.3 is 5.73 Å². The average Bonchev–Trinajstić information content (AvgIpc) is 2.60. The fraction of sp³-hybridized carbons (Fsp3) is 0.304. The second-order valence-corrected chi connectivity index (χ2v) is 7.37. The Morgan fingerprint density at radius 1 is 1.12 bits per heavy atom. The highest BCUT2D eigenvalue weighted by atomic mass is 16.1. The van der Waals surface area contributed by atoms with E-state index in [0.717, 1.165) is 39.7 Å². The van der Waals surface area contributed by atoms with Crippen molar-refractivity contribution < 1.29 is 4.79 Å². The minimum atomic E-state index is 0.0577. The topological polar surface area (TPSA) is 56.0 Å². The van der Waals surface area contributed by atoms with Gasteiger partial charge in [0.15, 0.2) is 5.78 Å². The summed E-state index contributed by atoms with van der Waals surface area (Å²) < 4.78 is 0. The largest absolute Gasteiger partial charge is 0.326 e. The van der Waals surface area contributed by atoms with Gasteiger partial charge in [0.1, 0.15) is 0 Å². The number of aromatic nitrogens is 1. The molecule has 0 saturated carbocycles. The molecule has 3 rings (SSSR count). The SMILES string of the molecule is CC(=O)c1ccc2nc(CC(C)C)c(CN)c(-c3ccc(C)cc3)c2c1. The van der Waals surface area contributed by atoms with Gasteiger partial charge in [-0.25, -0.2) is 0 Å². The second-order valence-electron chi connectivity index (χ2n) is 7.37. The lowest BCUT2D eigenvalue weighted by molar-refractivity contribution is 0.101. The molecular formula is C23H26N2O. The van der Waals surface area contributed by atoms with Gasteiger partial charge in [-0.1, -0.05) is 43.7 Å². The molecule has 0 unspecified atom stereocenters. The van der Waals surface area contributed by atoms with Crippen molar-refractivity contribution in [3.8, 4) is 11.1 Å². The molecule has 0 aliphatic carbocycles. The molecule has 0 spiro atoms. The number of fused-ring (bicyclic) bond motifs is 1. The van der Waals surface area contributed by atoms with E-state index in [-0.39, 0.29) is 5.78 Å². The van der Waals surface area contributed by atoms with Crippen molar-refractivity contribution in [3.63, 3.8) is 0 Å². The zero-order valence-electron chi connectivity index (χ0n) is 16.0. The monoisotopic (exact) mass is 346 g/mol. The highest BCUT2D eigenvalue weighted by molar-refractivity contribution is 6.03. The summed E-state index contributed by atoms with van der Waals surface area (Å²) in [6.07, 6.45) is 0.885. The summed E-state index contributed by atoms with van der Waals surface area (Å²) >= 11 is 0. The van der Waals surface area contributed by atoms with E-state index in [1.807, 2.05) is 18.2 Å². The molecule has 1 heterocycles. The van der Waals surface area contributed by atoms with Gasteiger partial charge in [0.25, 0.3) is 0 Å². The van der Waals surface area contributed by atoms with E-state index in [1.54, 1.807) is 6.92 Å². The predicted octanol–water partition coefficient (Wildman–Crippen LogP) is 5.07. The Bertz CT molecular complexity index is 956. The van der Waals surface area contributed by atoms with E-state index in [1.165, 1.54) is 5.56 Å². The van der Waals surface area contributed by atoms with E-state index in [2.05, 4.69) is 45.0 Å². The van der Waals surface area contributed by atoms with Crippen LogP contribution in [0.2, 0.25) is 0 Å². The Kier molecular flexibility index (Phi) is 5.19. The minimum absolute atomic E-state index is 0.0577. The van der Waals surface area contributed by atoms with E-state index < -0.39 is 0 Å². The number of ketones is 1. The van der Waals surface area contributed by atoms with Crippen LogP contribution < -0.4 is 5.73 Å². The number of benzene rings is 2. The summed E-state index contributed by atoms with van der Waals surface area (Å²) in [5.41, 5.74) is 13.4. The summed E-state index contributed by atoms with van der Waals surface area (Å²) in [6, 6.07) is 14.2. The molecule has 2 N–H and O–H groups in total. The van der Waals surface area contributed by atoms with Gasteiger partial charge in [-0.05, 0) is 61.1 Å². The number of Topliss-reactive ketones (excluding diaryl/α,β-unsaturated/α-hetero) is 1. The maximum absolute atomic E-state index is 11.9. The van der Waals surface area contributed by atoms with Crippen LogP contribution in [-0.4, -0.2) is 10.8 Å². The van der Waals surface area contributed by atoms with Crippen molar-refractivity contribution in [2.75, 3.05) is 0 Å². The van der Waals surface area contributed by atoms with Gasteiger partial charge in [0, 0.05) is 23.2 Å². The van der Waals surface area contributed by atoms with Crippen LogP contribution >= 0.6 is 0 Å². The normalized spacial score (nSPS) is 11.3. The molecular weight excluding hydrogens is 320 g/mol. The van der Waals surface area contributed by atoms with Crippen LogP contribution in [0, 0.1) is 12.8 Å². The van der Waals surface area contributed by atoms with Crippen LogP contribution in [0.3, 0.4) is 0 Å². The van der Waals surface area contributed by atoms with E-state index >= 15 is 0 Å². The van der Waals surface area contributed by atoms with Crippen molar-refractivity contribution in [1.29, 1.82) is 0 Å². The van der Waals surface area contributed by atoms with Crippen LogP contribution in [0.4, 0.5) is 0 Å². The summed E-state index contributed by atoms with van der Waals surface area (Å²) in [5, 5.41) is 0.995. The molecule has 0 fully saturated rings. The number of nitrogens with two attached hydrogens (primary N) is 1. The molecule has 1 aromatic heterocycles. The average molecular weight is 346 g/mol. The van der Waals surface area contributed by atoms with E-state index in [4.69, 9.17) is 10.7 Å². The van der Waals surface area contributed by atoms with Crippen LogP contribution in [0.5, 0.6) is 0 Å². The predicted molar refractivity (Wildman–Crippen MR) is 108 cm³/mol. The maximum atomic E-state index is 11.9. The lowest BCUT2D eigenvalue weighted by Gasteiger charge is -2.18. The molecule has 0 amide bonds. The zero-order chi connectivity index (χ0) is 18.8. The molecule has 3 nitrogen and oxygen atoms in total. The van der Waals surface area contributed by atoms with Gasteiger partial charge in [0.05, 0.1) is 5.52 Å². The number of hydrogen-bond acceptors (Lipinski definition) is 3. The third kappa shape index (κ3) is 3.54. The van der Waals surface area contributed by atoms with Crippen molar-refractivity contribution in [2.45, 2.75) is 40.7 Å². The smallest absolute Gasteiger partial charge is 0.159 e. The Morgan fingerprint density at radius 3 is 2.38 bits per heavy atom. The lowest BCUT2D eigenvalue weighted by Crippen LogP contribution is -2.10. The number of hydrogen-bond donors (Lipinski definition) is 1. The van der Waals surface area contributed by atoms with Crippen molar-refractivity contribution >= 4 is 16.7 Å². The number of rotatable bonds is 5. The Hall–Kier alpha value is -2.52. The molecule has 0 saturated heterocycles. The molecule has 0 aliphatic rings. The second kappa shape index (κ2) is 7.38. The van der Waals surface area contributed by atoms with Gasteiger partial charge in [0.2, 0.25) is 0 Å². The van der Waals surface area contributed by atoms with Crippen LogP contribution in [0.25, 0.3) is 22.0 Å². The number of aryl methyl sites for hydroxylation is 1. The van der Waals surface area contributed by atoms with Crippen LogP contribution in [-0.2, 0) is 13.0 Å². The fourth-order valence-corrected chi connectivity index (χ4v) is 3.40. The highest BCUT2D eigenvalue weighted by Gasteiger charge is 2.17. The Labute approximate surface area is 155 Å². The molecule has 0 bridgehead atoms. The molecule has 0 radical (unpaired) electrons. The summed E-state index contributed by atoms with van der Waals surface area (Å²) in [5.74, 6) is 0.551. The molecule has 134 valence electrons. The first-order chi connectivity index (χ1) is 12.4. The van der Waals surface area contributed by atoms with Crippen molar-refractivity contribution in [3.05, 3.63) is 64.8 Å². The molecule has 26 heavy (non-hydrogen) atoms. The van der Waals surface area contributed by atoms with E-state index in [0.29, 0.717) is 18.0 Å². The highest BCUT2D eigenvalue weighted by Crippen LogP contribution is 2.34. The fourth-order valence-electron chi connectivity index (χ4n) is 3.40. The number of carbonyl (C=O) groups is 1. The molecule has 3 heteroatoms. The lowest BCUT2D eigenvalue weighted by atomic mass is 9.90. The first-order valence-electron chi connectivity index (χ1n) is 9.14. The number of nitrogens with zero attached hydrogens (tertiary/aromatic N) is 1. The van der Waals surface area contributed by atoms with Crippen LogP contribution in [0.15, 0.2) is 42.5 Å². The quantitative estimate of drug-likeness (QED) is 0.656. The molecule has 3 aromatic rings. The minimum Gasteiger partial charge on any atom is -0.326 e. The first kappa shape index (κ1) is 18.3. The molecule has 2 aromatic carbocycles. The molecule has 0 aliphatic heterocycles.